The lowest BCUT2D eigenvalue weighted by atomic mass is 9.88. The van der Waals surface area contributed by atoms with E-state index >= 15 is 0 Å². The fourth-order valence-electron chi connectivity index (χ4n) is 6.47. The largest absolute Gasteiger partial charge is 0.508 e. The van der Waals surface area contributed by atoms with E-state index < -0.39 is 0 Å². The SMILES string of the molecule is O=C1CCC(c2cccc(CN3CCN(c4ccc(C(=C(CCCl)c5ccccc5)c5ccc(O)cc5)cc4)CC3)c2)C(=O)N1. The second-order valence-electron chi connectivity index (χ2n) is 11.8. The molecule has 4 aromatic carbocycles. The zero-order valence-electron chi connectivity index (χ0n) is 25.3. The van der Waals surface area contributed by atoms with Gasteiger partial charge in [0, 0.05) is 50.7 Å². The van der Waals surface area contributed by atoms with Gasteiger partial charge in [-0.05, 0) is 76.1 Å². The highest BCUT2D eigenvalue weighted by Gasteiger charge is 2.28. The number of phenols is 1. The highest BCUT2D eigenvalue weighted by atomic mass is 35.5. The van der Waals surface area contributed by atoms with Crippen LogP contribution in [-0.2, 0) is 16.1 Å². The Kier molecular flexibility index (Phi) is 9.63. The van der Waals surface area contributed by atoms with Gasteiger partial charge in [0.2, 0.25) is 11.8 Å². The summed E-state index contributed by atoms with van der Waals surface area (Å²) in [5, 5.41) is 12.4. The minimum atomic E-state index is -0.259. The van der Waals surface area contributed by atoms with Crippen molar-refractivity contribution in [3.8, 4) is 5.75 Å². The molecule has 2 heterocycles. The number of anilines is 1. The molecule has 0 aromatic heterocycles. The fraction of sp³-hybridized carbons (Fsp3) is 0.263. The fourth-order valence-corrected chi connectivity index (χ4v) is 6.66. The van der Waals surface area contributed by atoms with Crippen molar-refractivity contribution >= 4 is 40.2 Å². The number of aromatic hydroxyl groups is 1. The zero-order chi connectivity index (χ0) is 31.2. The molecule has 0 bridgehead atoms. The van der Waals surface area contributed by atoms with Crippen LogP contribution in [0.15, 0.2) is 103 Å². The first-order chi connectivity index (χ1) is 22.0. The molecule has 2 aliphatic rings. The third-order valence-electron chi connectivity index (χ3n) is 8.82. The van der Waals surface area contributed by atoms with Crippen LogP contribution in [0.2, 0.25) is 0 Å². The Morgan fingerprint density at radius 2 is 1.49 bits per heavy atom. The van der Waals surface area contributed by atoms with Crippen molar-refractivity contribution < 1.29 is 14.7 Å². The van der Waals surface area contributed by atoms with Crippen LogP contribution in [-0.4, -0.2) is 53.9 Å². The molecule has 0 saturated carbocycles. The summed E-state index contributed by atoms with van der Waals surface area (Å²) < 4.78 is 0. The highest BCUT2D eigenvalue weighted by molar-refractivity contribution is 6.18. The van der Waals surface area contributed by atoms with Crippen molar-refractivity contribution in [3.63, 3.8) is 0 Å². The zero-order valence-corrected chi connectivity index (χ0v) is 26.0. The maximum absolute atomic E-state index is 12.4. The Balaban J connectivity index is 1.16. The Hall–Kier alpha value is -4.39. The van der Waals surface area contributed by atoms with Gasteiger partial charge in [0.15, 0.2) is 0 Å². The number of hydrogen-bond donors (Lipinski definition) is 2. The smallest absolute Gasteiger partial charge is 0.234 e. The topological polar surface area (TPSA) is 72.9 Å². The van der Waals surface area contributed by atoms with Crippen LogP contribution < -0.4 is 10.2 Å². The van der Waals surface area contributed by atoms with Gasteiger partial charge in [-0.15, -0.1) is 11.6 Å². The van der Waals surface area contributed by atoms with Crippen molar-refractivity contribution in [1.29, 1.82) is 0 Å². The normalized spacial score (nSPS) is 18.0. The molecule has 45 heavy (non-hydrogen) atoms. The number of halogens is 1. The number of nitrogens with zero attached hydrogens (tertiary/aromatic N) is 2. The number of hydrogen-bond acceptors (Lipinski definition) is 5. The van der Waals surface area contributed by atoms with Crippen LogP contribution in [0, 0.1) is 0 Å². The Morgan fingerprint density at radius 1 is 0.800 bits per heavy atom. The number of imide groups is 1. The molecule has 1 unspecified atom stereocenters. The average molecular weight is 620 g/mol. The van der Waals surface area contributed by atoms with E-state index in [1.165, 1.54) is 16.8 Å². The van der Waals surface area contributed by atoms with Crippen molar-refractivity contribution in [3.05, 3.63) is 131 Å². The van der Waals surface area contributed by atoms with Crippen molar-refractivity contribution in [2.45, 2.75) is 31.7 Å². The maximum Gasteiger partial charge on any atom is 0.234 e. The molecule has 6 rings (SSSR count). The number of nitrogens with one attached hydrogen (secondary N) is 1. The number of amides is 2. The third kappa shape index (κ3) is 7.30. The molecule has 2 amide bonds. The summed E-state index contributed by atoms with van der Waals surface area (Å²) in [4.78, 5) is 28.8. The van der Waals surface area contributed by atoms with Gasteiger partial charge in [-0.1, -0.05) is 78.9 Å². The lowest BCUT2D eigenvalue weighted by Crippen LogP contribution is -2.46. The van der Waals surface area contributed by atoms with Gasteiger partial charge in [0.25, 0.3) is 0 Å². The number of allylic oxidation sites excluding steroid dienone is 1. The Bertz CT molecular complexity index is 1660. The van der Waals surface area contributed by atoms with E-state index in [4.69, 9.17) is 11.6 Å². The predicted molar refractivity (Wildman–Crippen MR) is 181 cm³/mol. The summed E-state index contributed by atoms with van der Waals surface area (Å²) in [6, 6.07) is 34.8. The number of carbonyl (C=O) groups is 2. The number of piperazine rings is 1. The molecule has 1 atom stereocenters. The van der Waals surface area contributed by atoms with Crippen LogP contribution in [0.4, 0.5) is 5.69 Å². The first-order valence-corrected chi connectivity index (χ1v) is 16.2. The van der Waals surface area contributed by atoms with Crippen molar-refractivity contribution in [1.82, 2.24) is 10.2 Å². The van der Waals surface area contributed by atoms with Gasteiger partial charge in [-0.25, -0.2) is 0 Å². The molecule has 6 nitrogen and oxygen atoms in total. The van der Waals surface area contributed by atoms with Crippen molar-refractivity contribution in [2.75, 3.05) is 37.0 Å². The Morgan fingerprint density at radius 3 is 2.16 bits per heavy atom. The first-order valence-electron chi connectivity index (χ1n) is 15.6. The van der Waals surface area contributed by atoms with E-state index in [0.29, 0.717) is 18.7 Å². The van der Waals surface area contributed by atoms with Gasteiger partial charge in [0.05, 0.1) is 5.92 Å². The van der Waals surface area contributed by atoms with E-state index in [1.807, 2.05) is 30.3 Å². The molecule has 230 valence electrons. The van der Waals surface area contributed by atoms with E-state index in [-0.39, 0.29) is 23.5 Å². The molecular formula is C38H38ClN3O3. The van der Waals surface area contributed by atoms with Gasteiger partial charge in [-0.2, -0.15) is 0 Å². The number of rotatable bonds is 9. The van der Waals surface area contributed by atoms with Crippen LogP contribution in [0.5, 0.6) is 5.75 Å². The number of piperidine rings is 1. The van der Waals surface area contributed by atoms with Crippen LogP contribution in [0.25, 0.3) is 11.1 Å². The summed E-state index contributed by atoms with van der Waals surface area (Å²) in [5.74, 6) is 0.121. The molecule has 7 heteroatoms. The molecule has 2 fully saturated rings. The second-order valence-corrected chi connectivity index (χ2v) is 12.1. The van der Waals surface area contributed by atoms with E-state index in [2.05, 4.69) is 75.8 Å². The third-order valence-corrected chi connectivity index (χ3v) is 9.01. The van der Waals surface area contributed by atoms with Crippen LogP contribution in [0.3, 0.4) is 0 Å². The van der Waals surface area contributed by atoms with Gasteiger partial charge >= 0.3 is 0 Å². The molecule has 0 radical (unpaired) electrons. The Labute approximate surface area is 270 Å². The lowest BCUT2D eigenvalue weighted by molar-refractivity contribution is -0.134. The standard InChI is InChI=1S/C38H38ClN3O3/c39-20-19-34(28-6-2-1-3-7-28)37(30-11-15-33(43)16-12-30)29-9-13-32(14-10-29)42-23-21-41(22-24-42)26-27-5-4-8-31(25-27)35-17-18-36(44)40-38(35)45/h1-16,25,35,43H,17-24,26H2,(H,40,44,45). The summed E-state index contributed by atoms with van der Waals surface area (Å²) in [7, 11) is 0. The van der Waals surface area contributed by atoms with E-state index in [0.717, 1.165) is 67.0 Å². The minimum absolute atomic E-state index is 0.183. The maximum atomic E-state index is 12.4. The first kappa shape index (κ1) is 30.6. The summed E-state index contributed by atoms with van der Waals surface area (Å²) in [6.07, 6.45) is 1.68. The predicted octanol–water partition coefficient (Wildman–Crippen LogP) is 6.82. The van der Waals surface area contributed by atoms with E-state index in [1.54, 1.807) is 12.1 Å². The summed E-state index contributed by atoms with van der Waals surface area (Å²) in [5.41, 5.74) is 8.97. The van der Waals surface area contributed by atoms with E-state index in [9.17, 15) is 14.7 Å². The monoisotopic (exact) mass is 619 g/mol. The quantitative estimate of drug-likeness (QED) is 0.122. The number of benzene rings is 4. The minimum Gasteiger partial charge on any atom is -0.508 e. The number of alkyl halides is 1. The molecule has 4 aromatic rings. The number of carbonyl (C=O) groups excluding carboxylic acids is 2. The van der Waals surface area contributed by atoms with Crippen LogP contribution in [0.1, 0.15) is 53.0 Å². The highest BCUT2D eigenvalue weighted by Crippen LogP contribution is 2.36. The lowest BCUT2D eigenvalue weighted by Gasteiger charge is -2.36. The summed E-state index contributed by atoms with van der Waals surface area (Å²) >= 11 is 6.32. The molecular weight excluding hydrogens is 582 g/mol. The molecule has 2 saturated heterocycles. The van der Waals surface area contributed by atoms with Crippen molar-refractivity contribution in [2.24, 2.45) is 0 Å². The molecule has 0 aliphatic carbocycles. The number of phenolic OH excluding ortho intramolecular Hbond substituents is 1. The molecule has 2 N–H and O–H groups in total. The van der Waals surface area contributed by atoms with Gasteiger partial charge in [0.1, 0.15) is 5.75 Å². The average Bonchev–Trinajstić information content (AvgIpc) is 3.06. The van der Waals surface area contributed by atoms with Crippen LogP contribution >= 0.6 is 11.6 Å². The van der Waals surface area contributed by atoms with Gasteiger partial charge in [-0.3, -0.25) is 19.8 Å². The summed E-state index contributed by atoms with van der Waals surface area (Å²) in [6.45, 7) is 4.56. The molecule has 2 aliphatic heterocycles. The molecule has 0 spiro atoms. The second kappa shape index (κ2) is 14.1. The van der Waals surface area contributed by atoms with Gasteiger partial charge < -0.3 is 10.0 Å².